The van der Waals surface area contributed by atoms with Gasteiger partial charge < -0.3 is 4.74 Å². The Bertz CT molecular complexity index is 777. The third-order valence-corrected chi connectivity index (χ3v) is 3.64. The number of halogens is 3. The molecule has 0 amide bonds. The Kier molecular flexibility index (Phi) is 5.11. The lowest BCUT2D eigenvalue weighted by molar-refractivity contribution is -0.143. The van der Waals surface area contributed by atoms with E-state index in [0.717, 1.165) is 23.0 Å². The molecule has 0 saturated heterocycles. The van der Waals surface area contributed by atoms with Crippen LogP contribution in [0.1, 0.15) is 28.1 Å². The molecule has 0 saturated carbocycles. The van der Waals surface area contributed by atoms with E-state index >= 15 is 0 Å². The maximum Gasteiger partial charge on any atom is 0.416 e. The van der Waals surface area contributed by atoms with Crippen molar-refractivity contribution >= 4 is 12.0 Å². The van der Waals surface area contributed by atoms with Gasteiger partial charge in [-0.2, -0.15) is 18.3 Å². The lowest BCUT2D eigenvalue weighted by Crippen LogP contribution is -2.11. The molecule has 1 aromatic heterocycles. The summed E-state index contributed by atoms with van der Waals surface area (Å²) < 4.78 is 45.2. The van der Waals surface area contributed by atoms with Gasteiger partial charge in [-0.1, -0.05) is 18.2 Å². The molecule has 0 aliphatic carbocycles. The third kappa shape index (κ3) is 4.04. The van der Waals surface area contributed by atoms with E-state index in [-0.39, 0.29) is 5.56 Å². The highest BCUT2D eigenvalue weighted by molar-refractivity contribution is 5.87. The van der Waals surface area contributed by atoms with Crippen molar-refractivity contribution in [3.8, 4) is 0 Å². The van der Waals surface area contributed by atoms with Crippen LogP contribution in [0.3, 0.4) is 0 Å². The second-order valence-corrected chi connectivity index (χ2v) is 5.30. The fourth-order valence-corrected chi connectivity index (χ4v) is 2.30. The molecule has 0 bridgehead atoms. The molecule has 128 valence electrons. The Morgan fingerprint density at radius 1 is 1.29 bits per heavy atom. The van der Waals surface area contributed by atoms with Gasteiger partial charge in [0.2, 0.25) is 0 Å². The molecule has 4 nitrogen and oxygen atoms in total. The normalized spacial score (nSPS) is 11.9. The number of benzene rings is 1. The van der Waals surface area contributed by atoms with Gasteiger partial charge in [0.05, 0.1) is 11.3 Å². The van der Waals surface area contributed by atoms with Crippen molar-refractivity contribution < 1.29 is 22.7 Å². The highest BCUT2D eigenvalue weighted by Gasteiger charge is 2.33. The number of ether oxygens (including phenoxy) is 1. The summed E-state index contributed by atoms with van der Waals surface area (Å²) in [5, 5.41) is 4.21. The second-order valence-electron chi connectivity index (χ2n) is 5.30. The number of aromatic nitrogens is 2. The molecule has 24 heavy (non-hydrogen) atoms. The van der Waals surface area contributed by atoms with Crippen LogP contribution < -0.4 is 0 Å². The summed E-state index contributed by atoms with van der Waals surface area (Å²) in [5.74, 6) is -0.713. The Morgan fingerprint density at radius 2 is 1.96 bits per heavy atom. The van der Waals surface area contributed by atoms with Crippen LogP contribution >= 0.6 is 0 Å². The zero-order valence-electron chi connectivity index (χ0n) is 13.5. The quantitative estimate of drug-likeness (QED) is 0.629. The summed E-state index contributed by atoms with van der Waals surface area (Å²) in [6.07, 6.45) is -1.74. The number of hydrogen-bond acceptors (Lipinski definition) is 3. The van der Waals surface area contributed by atoms with Crippen molar-refractivity contribution in [1.29, 1.82) is 0 Å². The standard InChI is InChI=1S/C17H17F3N2O2/c1-11-14(12(2)22(3)21-11)8-9-16(23)24-10-13-6-4-5-7-15(13)17(18,19)20/h4-9H,10H2,1-3H3. The maximum atomic E-state index is 12.9. The first-order valence-corrected chi connectivity index (χ1v) is 7.20. The van der Waals surface area contributed by atoms with Crippen LogP contribution in [-0.4, -0.2) is 15.7 Å². The van der Waals surface area contributed by atoms with Crippen LogP contribution in [0.5, 0.6) is 0 Å². The molecule has 0 fully saturated rings. The molecular formula is C17H17F3N2O2. The van der Waals surface area contributed by atoms with Crippen LogP contribution in [0.4, 0.5) is 13.2 Å². The summed E-state index contributed by atoms with van der Waals surface area (Å²) >= 11 is 0. The van der Waals surface area contributed by atoms with Gasteiger partial charge in [0.25, 0.3) is 0 Å². The van der Waals surface area contributed by atoms with E-state index in [1.54, 1.807) is 24.7 Å². The lowest BCUT2D eigenvalue weighted by Gasteiger charge is -2.12. The predicted octanol–water partition coefficient (Wildman–Crippen LogP) is 3.81. The van der Waals surface area contributed by atoms with Crippen molar-refractivity contribution in [3.63, 3.8) is 0 Å². The summed E-state index contributed by atoms with van der Waals surface area (Å²) in [6, 6.07) is 5.01. The number of aryl methyl sites for hydroxylation is 2. The van der Waals surface area contributed by atoms with Crippen LogP contribution in [0, 0.1) is 13.8 Å². The molecule has 7 heteroatoms. The fraction of sp³-hybridized carbons (Fsp3) is 0.294. The highest BCUT2D eigenvalue weighted by atomic mass is 19.4. The Morgan fingerprint density at radius 3 is 2.54 bits per heavy atom. The van der Waals surface area contributed by atoms with E-state index in [2.05, 4.69) is 5.10 Å². The Labute approximate surface area is 137 Å². The summed E-state index contributed by atoms with van der Waals surface area (Å²) in [5.41, 5.74) is 1.52. The van der Waals surface area contributed by atoms with Gasteiger partial charge in [-0.15, -0.1) is 0 Å². The van der Waals surface area contributed by atoms with Gasteiger partial charge >= 0.3 is 12.1 Å². The van der Waals surface area contributed by atoms with E-state index in [1.165, 1.54) is 24.3 Å². The van der Waals surface area contributed by atoms with E-state index in [1.807, 2.05) is 6.92 Å². The van der Waals surface area contributed by atoms with Crippen molar-refractivity contribution in [1.82, 2.24) is 9.78 Å². The van der Waals surface area contributed by atoms with Gasteiger partial charge in [-0.25, -0.2) is 4.79 Å². The predicted molar refractivity (Wildman–Crippen MR) is 83.0 cm³/mol. The molecule has 0 spiro atoms. The number of hydrogen-bond donors (Lipinski definition) is 0. The summed E-state index contributed by atoms with van der Waals surface area (Å²) in [4.78, 5) is 11.8. The van der Waals surface area contributed by atoms with E-state index < -0.39 is 24.3 Å². The smallest absolute Gasteiger partial charge is 0.416 e. The van der Waals surface area contributed by atoms with Gasteiger partial charge in [-0.05, 0) is 26.0 Å². The van der Waals surface area contributed by atoms with E-state index in [9.17, 15) is 18.0 Å². The van der Waals surface area contributed by atoms with Gasteiger partial charge in [-0.3, -0.25) is 4.68 Å². The van der Waals surface area contributed by atoms with Crippen molar-refractivity contribution in [2.24, 2.45) is 7.05 Å². The molecule has 0 aliphatic rings. The molecule has 0 aliphatic heterocycles. The first-order valence-electron chi connectivity index (χ1n) is 7.20. The van der Waals surface area contributed by atoms with Gasteiger partial charge in [0.1, 0.15) is 6.61 Å². The Hall–Kier alpha value is -2.57. The number of alkyl halides is 3. The number of rotatable bonds is 4. The molecule has 2 aromatic rings. The monoisotopic (exact) mass is 338 g/mol. The molecule has 0 radical (unpaired) electrons. The average molecular weight is 338 g/mol. The van der Waals surface area contributed by atoms with Crippen LogP contribution in [-0.2, 0) is 29.4 Å². The fourth-order valence-electron chi connectivity index (χ4n) is 2.30. The third-order valence-electron chi connectivity index (χ3n) is 3.64. The Balaban J connectivity index is 2.06. The molecule has 2 rings (SSSR count). The minimum Gasteiger partial charge on any atom is -0.458 e. The summed E-state index contributed by atoms with van der Waals surface area (Å²) in [6.45, 7) is 3.21. The highest BCUT2D eigenvalue weighted by Crippen LogP contribution is 2.32. The lowest BCUT2D eigenvalue weighted by atomic mass is 10.1. The minimum absolute atomic E-state index is 0.0829. The van der Waals surface area contributed by atoms with Gasteiger partial charge in [0.15, 0.2) is 0 Å². The number of carbonyl (C=O) groups excluding carboxylic acids is 1. The first kappa shape index (κ1) is 17.8. The molecule has 0 atom stereocenters. The molecule has 0 N–H and O–H groups in total. The van der Waals surface area contributed by atoms with E-state index in [4.69, 9.17) is 4.74 Å². The molecule has 0 unspecified atom stereocenters. The maximum absolute atomic E-state index is 12.9. The van der Waals surface area contributed by atoms with Crippen molar-refractivity contribution in [2.45, 2.75) is 26.6 Å². The minimum atomic E-state index is -4.48. The molecule has 1 aromatic carbocycles. The largest absolute Gasteiger partial charge is 0.458 e. The van der Waals surface area contributed by atoms with Crippen LogP contribution in [0.25, 0.3) is 6.08 Å². The summed E-state index contributed by atoms with van der Waals surface area (Å²) in [7, 11) is 1.78. The SMILES string of the molecule is Cc1nn(C)c(C)c1C=CC(=O)OCc1ccccc1C(F)(F)F. The first-order chi connectivity index (χ1) is 11.2. The van der Waals surface area contributed by atoms with Crippen molar-refractivity contribution in [2.75, 3.05) is 0 Å². The number of nitrogens with zero attached hydrogens (tertiary/aromatic N) is 2. The average Bonchev–Trinajstić information content (AvgIpc) is 2.75. The topological polar surface area (TPSA) is 44.1 Å². The number of carbonyl (C=O) groups is 1. The number of esters is 1. The van der Waals surface area contributed by atoms with Gasteiger partial charge in [0, 0.05) is 29.9 Å². The molecule has 1 heterocycles. The van der Waals surface area contributed by atoms with Crippen LogP contribution in [0.2, 0.25) is 0 Å². The van der Waals surface area contributed by atoms with Crippen molar-refractivity contribution in [3.05, 3.63) is 58.4 Å². The molecular weight excluding hydrogens is 321 g/mol. The van der Waals surface area contributed by atoms with E-state index in [0.29, 0.717) is 0 Å². The second kappa shape index (κ2) is 6.90. The zero-order valence-corrected chi connectivity index (χ0v) is 13.5. The van der Waals surface area contributed by atoms with Crippen LogP contribution in [0.15, 0.2) is 30.3 Å². The zero-order chi connectivity index (χ0) is 17.9.